The van der Waals surface area contributed by atoms with Gasteiger partial charge in [-0.15, -0.1) is 0 Å². The van der Waals surface area contributed by atoms with E-state index in [1.54, 1.807) is 31.4 Å². The van der Waals surface area contributed by atoms with Crippen LogP contribution in [0.4, 0.5) is 5.69 Å². The summed E-state index contributed by atoms with van der Waals surface area (Å²) < 4.78 is 11.1. The number of aryl methyl sites for hydroxylation is 1. The number of anilines is 1. The predicted octanol–water partition coefficient (Wildman–Crippen LogP) is 2.27. The van der Waals surface area contributed by atoms with Gasteiger partial charge in [0, 0.05) is 32.7 Å². The number of phenolic OH excluding ortho intramolecular Hbond substituents is 1. The van der Waals surface area contributed by atoms with Gasteiger partial charge in [-0.3, -0.25) is 4.90 Å². The first kappa shape index (κ1) is 19.3. The van der Waals surface area contributed by atoms with E-state index < -0.39 is 6.10 Å². The number of piperazine rings is 1. The summed E-state index contributed by atoms with van der Waals surface area (Å²) in [4.78, 5) is 4.59. The molecule has 0 bridgehead atoms. The van der Waals surface area contributed by atoms with Crippen molar-refractivity contribution in [1.82, 2.24) is 4.90 Å². The SMILES string of the molecule is COc1ccc(C)cc1N1CCN(CC(O)COc2ccc(O)cc2)CC1. The second-order valence-electron chi connectivity index (χ2n) is 6.92. The molecule has 1 fully saturated rings. The molecule has 0 aliphatic carbocycles. The van der Waals surface area contributed by atoms with Crippen LogP contribution < -0.4 is 14.4 Å². The Morgan fingerprint density at radius 1 is 1.04 bits per heavy atom. The standard InChI is InChI=1S/C21H28N2O4/c1-16-3-8-21(26-2)20(13-16)23-11-9-22(10-12-23)14-18(25)15-27-19-6-4-17(24)5-7-19/h3-8,13,18,24-25H,9-12,14-15H2,1-2H3. The lowest BCUT2D eigenvalue weighted by Crippen LogP contribution is -2.49. The summed E-state index contributed by atoms with van der Waals surface area (Å²) >= 11 is 0. The molecule has 1 atom stereocenters. The smallest absolute Gasteiger partial charge is 0.142 e. The van der Waals surface area contributed by atoms with Crippen molar-refractivity contribution in [2.45, 2.75) is 13.0 Å². The van der Waals surface area contributed by atoms with Crippen molar-refractivity contribution in [3.63, 3.8) is 0 Å². The summed E-state index contributed by atoms with van der Waals surface area (Å²) in [6.07, 6.45) is -0.557. The van der Waals surface area contributed by atoms with Crippen LogP contribution in [0.5, 0.6) is 17.2 Å². The van der Waals surface area contributed by atoms with Crippen molar-refractivity contribution in [3.05, 3.63) is 48.0 Å². The highest BCUT2D eigenvalue weighted by atomic mass is 16.5. The number of methoxy groups -OCH3 is 1. The zero-order chi connectivity index (χ0) is 19.2. The molecular formula is C21H28N2O4. The van der Waals surface area contributed by atoms with Gasteiger partial charge in [0.15, 0.2) is 0 Å². The average Bonchev–Trinajstić information content (AvgIpc) is 2.68. The third kappa shape index (κ3) is 5.28. The second-order valence-corrected chi connectivity index (χ2v) is 6.92. The molecule has 0 aromatic heterocycles. The first-order valence-corrected chi connectivity index (χ1v) is 9.27. The Kier molecular flexibility index (Phi) is 6.42. The van der Waals surface area contributed by atoms with Crippen LogP contribution in [0.3, 0.4) is 0 Å². The Morgan fingerprint density at radius 2 is 1.74 bits per heavy atom. The molecule has 0 amide bonds. The fourth-order valence-corrected chi connectivity index (χ4v) is 3.30. The van der Waals surface area contributed by atoms with Crippen LogP contribution in [0.1, 0.15) is 5.56 Å². The molecule has 1 saturated heterocycles. The highest BCUT2D eigenvalue weighted by Gasteiger charge is 2.21. The van der Waals surface area contributed by atoms with Crippen molar-refractivity contribution in [1.29, 1.82) is 0 Å². The van der Waals surface area contributed by atoms with E-state index in [1.165, 1.54) is 5.56 Å². The lowest BCUT2D eigenvalue weighted by molar-refractivity contribution is 0.0662. The summed E-state index contributed by atoms with van der Waals surface area (Å²) in [7, 11) is 1.70. The summed E-state index contributed by atoms with van der Waals surface area (Å²) in [6.45, 7) is 6.45. The number of benzene rings is 2. The number of aliphatic hydroxyl groups excluding tert-OH is 1. The Labute approximate surface area is 160 Å². The largest absolute Gasteiger partial charge is 0.508 e. The van der Waals surface area contributed by atoms with Gasteiger partial charge in [-0.1, -0.05) is 6.07 Å². The fraction of sp³-hybridized carbons (Fsp3) is 0.429. The number of ether oxygens (including phenoxy) is 2. The van der Waals surface area contributed by atoms with Gasteiger partial charge in [0.1, 0.15) is 30.0 Å². The Hall–Kier alpha value is -2.44. The molecule has 0 radical (unpaired) electrons. The molecule has 1 aliphatic heterocycles. The van der Waals surface area contributed by atoms with Gasteiger partial charge in [-0.05, 0) is 48.9 Å². The van der Waals surface area contributed by atoms with Gasteiger partial charge in [0.2, 0.25) is 0 Å². The molecule has 1 aliphatic rings. The van der Waals surface area contributed by atoms with Gasteiger partial charge in [-0.2, -0.15) is 0 Å². The highest BCUT2D eigenvalue weighted by Crippen LogP contribution is 2.30. The minimum Gasteiger partial charge on any atom is -0.508 e. The summed E-state index contributed by atoms with van der Waals surface area (Å²) in [6, 6.07) is 12.8. The van der Waals surface area contributed by atoms with Gasteiger partial charge in [-0.25, -0.2) is 0 Å². The molecule has 0 spiro atoms. The van der Waals surface area contributed by atoms with Crippen LogP contribution in [0.2, 0.25) is 0 Å². The van der Waals surface area contributed by atoms with E-state index in [0.29, 0.717) is 12.3 Å². The van der Waals surface area contributed by atoms with Crippen molar-refractivity contribution in [2.24, 2.45) is 0 Å². The van der Waals surface area contributed by atoms with E-state index in [4.69, 9.17) is 9.47 Å². The number of hydrogen-bond donors (Lipinski definition) is 2. The third-order valence-corrected chi connectivity index (χ3v) is 4.80. The first-order valence-electron chi connectivity index (χ1n) is 9.27. The second kappa shape index (κ2) is 8.97. The van der Waals surface area contributed by atoms with Crippen molar-refractivity contribution >= 4 is 5.69 Å². The number of nitrogens with zero attached hydrogens (tertiary/aromatic N) is 2. The predicted molar refractivity (Wildman–Crippen MR) is 106 cm³/mol. The number of β-amino-alcohol motifs (C(OH)–C–C–N with tert-alkyl or cyclic N) is 1. The quantitative estimate of drug-likeness (QED) is 0.777. The molecule has 2 aromatic rings. The third-order valence-electron chi connectivity index (χ3n) is 4.80. The number of rotatable bonds is 7. The molecular weight excluding hydrogens is 344 g/mol. The zero-order valence-corrected chi connectivity index (χ0v) is 16.0. The minimum atomic E-state index is -0.557. The van der Waals surface area contributed by atoms with Crippen LogP contribution in [0.15, 0.2) is 42.5 Å². The molecule has 2 aromatic carbocycles. The van der Waals surface area contributed by atoms with Crippen molar-refractivity contribution < 1.29 is 19.7 Å². The maximum absolute atomic E-state index is 10.3. The minimum absolute atomic E-state index is 0.200. The number of phenols is 1. The maximum Gasteiger partial charge on any atom is 0.142 e. The van der Waals surface area contributed by atoms with E-state index >= 15 is 0 Å². The van der Waals surface area contributed by atoms with E-state index in [0.717, 1.165) is 37.6 Å². The number of aliphatic hydroxyl groups is 1. The van der Waals surface area contributed by atoms with E-state index in [9.17, 15) is 10.2 Å². The van der Waals surface area contributed by atoms with Crippen molar-refractivity contribution in [3.8, 4) is 17.2 Å². The molecule has 3 rings (SSSR count). The van der Waals surface area contributed by atoms with E-state index in [1.807, 2.05) is 6.07 Å². The molecule has 146 valence electrons. The zero-order valence-electron chi connectivity index (χ0n) is 16.0. The van der Waals surface area contributed by atoms with Gasteiger partial charge in [0.05, 0.1) is 12.8 Å². The van der Waals surface area contributed by atoms with Crippen LogP contribution in [0, 0.1) is 6.92 Å². The normalized spacial score (nSPS) is 16.2. The monoisotopic (exact) mass is 372 g/mol. The van der Waals surface area contributed by atoms with Crippen LogP contribution in [-0.4, -0.2) is 67.7 Å². The van der Waals surface area contributed by atoms with Crippen LogP contribution in [-0.2, 0) is 0 Å². The fourth-order valence-electron chi connectivity index (χ4n) is 3.30. The van der Waals surface area contributed by atoms with Gasteiger partial charge in [0.25, 0.3) is 0 Å². The summed E-state index contributed by atoms with van der Waals surface area (Å²) in [5.41, 5.74) is 2.35. The number of aromatic hydroxyl groups is 1. The van der Waals surface area contributed by atoms with Crippen LogP contribution >= 0.6 is 0 Å². The Morgan fingerprint density at radius 3 is 2.41 bits per heavy atom. The molecule has 27 heavy (non-hydrogen) atoms. The van der Waals surface area contributed by atoms with Gasteiger partial charge < -0.3 is 24.6 Å². The Balaban J connectivity index is 1.46. The lowest BCUT2D eigenvalue weighted by atomic mass is 10.1. The van der Waals surface area contributed by atoms with E-state index in [-0.39, 0.29) is 12.4 Å². The lowest BCUT2D eigenvalue weighted by Gasteiger charge is -2.37. The molecule has 6 nitrogen and oxygen atoms in total. The molecule has 1 unspecified atom stereocenters. The topological polar surface area (TPSA) is 65.4 Å². The molecule has 1 heterocycles. The average molecular weight is 372 g/mol. The maximum atomic E-state index is 10.3. The Bertz CT molecular complexity index is 727. The van der Waals surface area contributed by atoms with E-state index in [2.05, 4.69) is 28.9 Å². The van der Waals surface area contributed by atoms with Crippen LogP contribution in [0.25, 0.3) is 0 Å². The molecule has 6 heteroatoms. The summed E-state index contributed by atoms with van der Waals surface area (Å²) in [5, 5.41) is 19.5. The summed E-state index contributed by atoms with van der Waals surface area (Å²) in [5.74, 6) is 1.74. The first-order chi connectivity index (χ1) is 13.0. The molecule has 0 saturated carbocycles. The molecule has 2 N–H and O–H groups in total. The van der Waals surface area contributed by atoms with Gasteiger partial charge >= 0.3 is 0 Å². The number of hydrogen-bond acceptors (Lipinski definition) is 6. The van der Waals surface area contributed by atoms with Crippen molar-refractivity contribution in [2.75, 3.05) is 51.3 Å². The highest BCUT2D eigenvalue weighted by molar-refractivity contribution is 5.60.